The number of phenols is 18. The lowest BCUT2D eigenvalue weighted by Crippen LogP contribution is -2.39. The number of hydrogen-bond acceptors (Lipinski definition) is 31. The summed E-state index contributed by atoms with van der Waals surface area (Å²) >= 11 is 4.71. The summed E-state index contributed by atoms with van der Waals surface area (Å²) in [5.74, 6) is 1.18. The third-order valence-electron chi connectivity index (χ3n) is 12.6. The van der Waals surface area contributed by atoms with Gasteiger partial charge in [0.25, 0.3) is 0 Å². The molecule has 35 nitrogen and oxygen atoms in total. The zero-order chi connectivity index (χ0) is 113. The fraction of sp³-hybridized carbons (Fsp3) is 0.248. The number of amides is 4. The van der Waals surface area contributed by atoms with Gasteiger partial charge in [-0.25, -0.2) is 28.8 Å². The summed E-state index contributed by atoms with van der Waals surface area (Å²) in [7, 11) is 0. The fourth-order valence-electron chi connectivity index (χ4n) is 7.51. The Kier molecular flexibility index (Phi) is 102. The van der Waals surface area contributed by atoms with Crippen LogP contribution in [0.3, 0.4) is 0 Å². The van der Waals surface area contributed by atoms with Gasteiger partial charge >= 0.3 is 36.3 Å². The first kappa shape index (κ1) is 149. The molecule has 36 heteroatoms. The number of ether oxygens (including phenoxy) is 6. The Labute approximate surface area is 881 Å². The zero-order valence-corrected chi connectivity index (χ0v) is 86.6. The van der Waals surface area contributed by atoms with Crippen LogP contribution in [0.2, 0.25) is 0 Å². The van der Waals surface area contributed by atoms with Crippen molar-refractivity contribution in [3.8, 4) is 138 Å². The number of rotatable bonds is 13. The minimum atomic E-state index is -0.812. The van der Waals surface area contributed by atoms with Crippen LogP contribution in [-0.4, -0.2) is 147 Å². The van der Waals surface area contributed by atoms with Gasteiger partial charge in [0.05, 0.1) is 13.3 Å². The largest absolute Gasteiger partial charge is 0.508 e. The van der Waals surface area contributed by atoms with Crippen LogP contribution in [0.4, 0.5) is 19.2 Å². The van der Waals surface area contributed by atoms with Crippen molar-refractivity contribution in [3.05, 3.63) is 329 Å². The van der Waals surface area contributed by atoms with Crippen LogP contribution >= 0.6 is 11.6 Å². The summed E-state index contributed by atoms with van der Waals surface area (Å²) in [5, 5.41) is 167. The third kappa shape index (κ3) is 103. The number of benzene rings is 12. The lowest BCUT2D eigenvalue weighted by atomic mass is 10.3. The van der Waals surface area contributed by atoms with Crippen molar-refractivity contribution in [1.82, 2.24) is 21.3 Å². The van der Waals surface area contributed by atoms with E-state index >= 15 is 0 Å². The summed E-state index contributed by atoms with van der Waals surface area (Å²) in [6.07, 6.45) is 9.92. The maximum Gasteiger partial charge on any atom is 0.413 e. The second kappa shape index (κ2) is 102. The van der Waals surface area contributed by atoms with Crippen molar-refractivity contribution in [2.45, 2.75) is 177 Å². The van der Waals surface area contributed by atoms with Gasteiger partial charge in [0.1, 0.15) is 138 Å². The molecule has 0 fully saturated rings. The first-order valence-electron chi connectivity index (χ1n) is 45.8. The molecule has 0 atom stereocenters. The van der Waals surface area contributed by atoms with Crippen molar-refractivity contribution in [1.29, 1.82) is 0 Å². The average molecular weight is 2100 g/mol. The van der Waals surface area contributed by atoms with E-state index in [4.69, 9.17) is 112 Å². The number of halogens is 1. The molecule has 0 saturated heterocycles. The standard InChI is InChI=1S/2C15H14N2O6.2C9H8O3.6C6H6O2.C3H3ClO.8C3H8.2CH4/c2*18-10-3-1-5-12(7-10)22-14(20)16-9-17-15(21)23-13-6-2-4-11(19)8-13;2*1-2-9(11)12-8-5-3-4-7(10)6-8;6*7-5-2-1-3-6(8)4-5;1-2-3(4)5;8*1-3-2;;/h2*1-8,18-19H,9H2,(H,16,20)(H,17,21);2*2-6,10H,1H2;6*1-4,7-8H;2H,1H2;8*3H2,1-2H3;2*1H4. The van der Waals surface area contributed by atoms with E-state index in [1.807, 2.05) is 0 Å². The second-order valence-corrected chi connectivity index (χ2v) is 28.5. The molecule has 12 aromatic carbocycles. The van der Waals surface area contributed by atoms with Crippen molar-refractivity contribution < 1.29 is 154 Å². The maximum absolute atomic E-state index is 11.5. The first-order chi connectivity index (χ1) is 69.8. The maximum atomic E-state index is 11.5. The van der Waals surface area contributed by atoms with Gasteiger partial charge in [0.15, 0.2) is 0 Å². The molecule has 0 bridgehead atoms. The predicted molar refractivity (Wildman–Crippen MR) is 588 cm³/mol. The molecule has 149 heavy (non-hydrogen) atoms. The molecule has 0 aliphatic rings. The van der Waals surface area contributed by atoms with E-state index < -0.39 is 41.6 Å². The second-order valence-electron chi connectivity index (χ2n) is 28.1. The Bertz CT molecular complexity index is 4710. The summed E-state index contributed by atoms with van der Waals surface area (Å²) in [5.41, 5.74) is 0. The van der Waals surface area contributed by atoms with Crippen LogP contribution in [0.5, 0.6) is 138 Å². The Balaban J connectivity index is -0.000000207. The first-order valence-corrected chi connectivity index (χ1v) is 46.1. The SMILES string of the molecule is C.C.C=CC(=O)Cl.C=CC(=O)Oc1cccc(O)c1.C=CC(=O)Oc1cccc(O)c1.CCC.CCC.CCC.CCC.CCC.CCC.CCC.CCC.O=C(NCNC(=O)Oc1cccc(O)c1)Oc1cccc(O)c1.O=C(NCNC(=O)Oc1cccc(O)c1)Oc1cccc(O)c1.Oc1cccc(O)c1.Oc1cccc(O)c1.Oc1cccc(O)c1.Oc1cccc(O)c1.Oc1cccc(O)c1.Oc1cccc(O)c1. The number of carbonyl (C=O) groups is 7. The normalized spacial score (nSPS) is 8.54. The van der Waals surface area contributed by atoms with Gasteiger partial charge in [-0.05, 0) is 163 Å². The summed E-state index contributed by atoms with van der Waals surface area (Å²) in [4.78, 5) is 76.7. The number of aromatic hydroxyl groups is 18. The number of carbonyl (C=O) groups excluding carboxylic acids is 7. The lowest BCUT2D eigenvalue weighted by molar-refractivity contribution is -0.129. The van der Waals surface area contributed by atoms with E-state index in [1.54, 1.807) is 60.7 Å². The van der Waals surface area contributed by atoms with Crippen molar-refractivity contribution >= 4 is 53.2 Å². The molecular formula is C113H155ClN4O31. The number of nitrogens with one attached hydrogen (secondary N) is 4. The van der Waals surface area contributed by atoms with Gasteiger partial charge in [-0.1, -0.05) is 270 Å². The molecule has 4 amide bonds. The summed E-state index contributed by atoms with van der Waals surface area (Å²) in [6, 6.07) is 69.9. The highest BCUT2D eigenvalue weighted by atomic mass is 35.5. The van der Waals surface area contributed by atoms with E-state index in [9.17, 15) is 54.0 Å². The summed E-state index contributed by atoms with van der Waals surface area (Å²) in [6.45, 7) is 43.1. The molecule has 0 saturated carbocycles. The smallest absolute Gasteiger partial charge is 0.413 e. The Morgan fingerprint density at radius 3 is 0.396 bits per heavy atom. The molecule has 0 heterocycles. The van der Waals surface area contributed by atoms with E-state index in [0.717, 1.165) is 18.2 Å². The van der Waals surface area contributed by atoms with Gasteiger partial charge in [-0.15, -0.1) is 0 Å². The number of esters is 2. The molecular weight excluding hydrogens is 1940 g/mol. The van der Waals surface area contributed by atoms with Gasteiger partial charge in [-0.2, -0.15) is 0 Å². The number of hydrogen-bond donors (Lipinski definition) is 22. The third-order valence-corrected chi connectivity index (χ3v) is 12.7. The molecule has 0 aromatic heterocycles. The van der Waals surface area contributed by atoms with Gasteiger partial charge < -0.3 is 142 Å². The Hall–Kier alpha value is -17.8. The Morgan fingerprint density at radius 1 is 0.208 bits per heavy atom. The topological polar surface area (TPSA) is 587 Å². The van der Waals surface area contributed by atoms with Crippen LogP contribution in [-0.2, 0) is 14.4 Å². The quantitative estimate of drug-likeness (QED) is 0.0168. The van der Waals surface area contributed by atoms with Crippen molar-refractivity contribution in [2.24, 2.45) is 0 Å². The molecule has 12 aromatic rings. The van der Waals surface area contributed by atoms with E-state index in [2.05, 4.69) is 152 Å². The van der Waals surface area contributed by atoms with Crippen LogP contribution < -0.4 is 49.7 Å². The van der Waals surface area contributed by atoms with Gasteiger partial charge in [-0.3, -0.25) is 4.79 Å². The van der Waals surface area contributed by atoms with E-state index in [1.165, 1.54) is 282 Å². The number of phenolic OH excluding ortho intramolecular Hbond substituents is 18. The monoisotopic (exact) mass is 2100 g/mol. The Morgan fingerprint density at radius 2 is 0.309 bits per heavy atom. The average Bonchev–Trinajstić information content (AvgIpc) is 0.959. The molecule has 0 aliphatic carbocycles. The highest BCUT2D eigenvalue weighted by molar-refractivity contribution is 6.66. The highest BCUT2D eigenvalue weighted by Gasteiger charge is 2.11. The zero-order valence-electron chi connectivity index (χ0n) is 85.9. The highest BCUT2D eigenvalue weighted by Crippen LogP contribution is 2.25. The molecule has 0 unspecified atom stereocenters. The van der Waals surface area contributed by atoms with Gasteiger partial charge in [0.2, 0.25) is 5.24 Å². The fourth-order valence-corrected chi connectivity index (χ4v) is 7.51. The molecule has 820 valence electrons. The van der Waals surface area contributed by atoms with Gasteiger partial charge in [0, 0.05) is 84.9 Å². The molecule has 0 radical (unpaired) electrons. The molecule has 22 N–H and O–H groups in total. The van der Waals surface area contributed by atoms with Crippen LogP contribution in [0, 0.1) is 0 Å². The van der Waals surface area contributed by atoms with Crippen LogP contribution in [0.25, 0.3) is 0 Å². The van der Waals surface area contributed by atoms with E-state index in [-0.39, 0.29) is 155 Å². The number of allylic oxidation sites excluding steroid dienone is 1. The molecule has 0 aliphatic heterocycles. The van der Waals surface area contributed by atoms with Crippen LogP contribution in [0.1, 0.15) is 177 Å². The van der Waals surface area contributed by atoms with E-state index in [0.29, 0.717) is 11.5 Å². The predicted octanol–water partition coefficient (Wildman–Crippen LogP) is 27.0. The van der Waals surface area contributed by atoms with Crippen molar-refractivity contribution in [2.75, 3.05) is 13.3 Å². The lowest BCUT2D eigenvalue weighted by Gasteiger charge is -2.09. The minimum absolute atomic E-state index is 0. The van der Waals surface area contributed by atoms with Crippen LogP contribution in [0.15, 0.2) is 329 Å². The van der Waals surface area contributed by atoms with Crippen molar-refractivity contribution in [3.63, 3.8) is 0 Å². The summed E-state index contributed by atoms with van der Waals surface area (Å²) < 4.78 is 29.0. The molecule has 12 rings (SSSR count). The minimum Gasteiger partial charge on any atom is -0.508 e. The molecule has 0 spiro atoms.